The minimum Gasteiger partial charge on any atom is -0.380 e. The fourth-order valence-corrected chi connectivity index (χ4v) is 1.70. The minimum absolute atomic E-state index is 0.292. The lowest BCUT2D eigenvalue weighted by Gasteiger charge is -2.13. The molecule has 0 saturated carbocycles. The van der Waals surface area contributed by atoms with Gasteiger partial charge in [-0.15, -0.1) is 0 Å². The van der Waals surface area contributed by atoms with Crippen LogP contribution in [-0.2, 0) is 4.74 Å². The van der Waals surface area contributed by atoms with Crippen LogP contribution in [0, 0.1) is 5.82 Å². The summed E-state index contributed by atoms with van der Waals surface area (Å²) in [7, 11) is 0. The Bertz CT molecular complexity index is 306. The lowest BCUT2D eigenvalue weighted by molar-refractivity contribution is 0.133. The summed E-state index contributed by atoms with van der Waals surface area (Å²) in [6.07, 6.45) is 0. The van der Waals surface area contributed by atoms with Crippen LogP contribution < -0.4 is 5.73 Å². The Morgan fingerprint density at radius 3 is 2.93 bits per heavy atom. The zero-order chi connectivity index (χ0) is 10.6. The van der Waals surface area contributed by atoms with Crippen LogP contribution in [-0.4, -0.2) is 13.2 Å². The van der Waals surface area contributed by atoms with Crippen molar-refractivity contribution in [3.63, 3.8) is 0 Å². The first kappa shape index (κ1) is 11.6. The quantitative estimate of drug-likeness (QED) is 0.905. The molecule has 0 saturated heterocycles. The first-order valence-electron chi connectivity index (χ1n) is 4.44. The number of hydrogen-bond acceptors (Lipinski definition) is 2. The summed E-state index contributed by atoms with van der Waals surface area (Å²) in [5.41, 5.74) is 6.56. The van der Waals surface area contributed by atoms with Crippen molar-refractivity contribution >= 4 is 15.9 Å². The fraction of sp³-hybridized carbons (Fsp3) is 0.400. The van der Waals surface area contributed by atoms with E-state index in [1.807, 2.05) is 6.92 Å². The molecule has 4 heteroatoms. The van der Waals surface area contributed by atoms with Gasteiger partial charge < -0.3 is 10.5 Å². The molecule has 0 bridgehead atoms. The van der Waals surface area contributed by atoms with E-state index < -0.39 is 0 Å². The van der Waals surface area contributed by atoms with Gasteiger partial charge in [0.1, 0.15) is 5.82 Å². The Balaban J connectivity index is 2.79. The van der Waals surface area contributed by atoms with Crippen molar-refractivity contribution in [2.45, 2.75) is 13.0 Å². The Labute approximate surface area is 91.4 Å². The van der Waals surface area contributed by atoms with Crippen molar-refractivity contribution in [3.05, 3.63) is 34.1 Å². The lowest BCUT2D eigenvalue weighted by Crippen LogP contribution is -2.17. The van der Waals surface area contributed by atoms with Crippen LogP contribution in [0.1, 0.15) is 18.5 Å². The van der Waals surface area contributed by atoms with Gasteiger partial charge in [0.2, 0.25) is 0 Å². The molecule has 2 nitrogen and oxygen atoms in total. The van der Waals surface area contributed by atoms with Crippen LogP contribution in [0.5, 0.6) is 0 Å². The molecule has 14 heavy (non-hydrogen) atoms. The monoisotopic (exact) mass is 261 g/mol. The topological polar surface area (TPSA) is 35.2 Å². The molecule has 1 unspecified atom stereocenters. The van der Waals surface area contributed by atoms with Crippen LogP contribution in [0.2, 0.25) is 0 Å². The van der Waals surface area contributed by atoms with Gasteiger partial charge in [0, 0.05) is 6.61 Å². The summed E-state index contributed by atoms with van der Waals surface area (Å²) in [5.74, 6) is -0.297. The molecule has 0 radical (unpaired) electrons. The van der Waals surface area contributed by atoms with Gasteiger partial charge in [0.05, 0.1) is 17.1 Å². The van der Waals surface area contributed by atoms with Crippen molar-refractivity contribution in [1.29, 1.82) is 0 Å². The van der Waals surface area contributed by atoms with E-state index in [0.29, 0.717) is 17.7 Å². The van der Waals surface area contributed by atoms with Crippen LogP contribution in [0.25, 0.3) is 0 Å². The second kappa shape index (κ2) is 5.44. The van der Waals surface area contributed by atoms with Crippen molar-refractivity contribution < 1.29 is 9.13 Å². The van der Waals surface area contributed by atoms with Gasteiger partial charge in [-0.2, -0.15) is 0 Å². The Hall–Kier alpha value is -0.450. The standard InChI is InChI=1S/C10H13BrFNO/c1-2-14-6-9(13)7-4-3-5-8(12)10(7)11/h3-5,9H,2,6,13H2,1H3. The predicted molar refractivity (Wildman–Crippen MR) is 57.5 cm³/mol. The van der Waals surface area contributed by atoms with E-state index >= 15 is 0 Å². The number of rotatable bonds is 4. The van der Waals surface area contributed by atoms with E-state index in [1.54, 1.807) is 12.1 Å². The van der Waals surface area contributed by atoms with E-state index in [9.17, 15) is 4.39 Å². The number of benzene rings is 1. The van der Waals surface area contributed by atoms with Gasteiger partial charge in [-0.25, -0.2) is 4.39 Å². The third-order valence-corrected chi connectivity index (χ3v) is 2.72. The average molecular weight is 262 g/mol. The Morgan fingerprint density at radius 2 is 2.29 bits per heavy atom. The van der Waals surface area contributed by atoms with Crippen LogP contribution in [0.4, 0.5) is 4.39 Å². The summed E-state index contributed by atoms with van der Waals surface area (Å²) in [5, 5.41) is 0. The maximum atomic E-state index is 13.1. The molecule has 0 fully saturated rings. The zero-order valence-corrected chi connectivity index (χ0v) is 9.55. The molecule has 2 N–H and O–H groups in total. The molecule has 0 amide bonds. The van der Waals surface area contributed by atoms with Gasteiger partial charge in [-0.1, -0.05) is 12.1 Å². The molecule has 1 aromatic carbocycles. The predicted octanol–water partition coefficient (Wildman–Crippen LogP) is 2.62. The molecule has 0 aliphatic heterocycles. The molecule has 0 aromatic heterocycles. The summed E-state index contributed by atoms with van der Waals surface area (Å²) in [4.78, 5) is 0. The molecule has 1 atom stereocenters. The summed E-state index contributed by atoms with van der Waals surface area (Å²) >= 11 is 3.16. The van der Waals surface area contributed by atoms with Gasteiger partial charge in [-0.05, 0) is 34.5 Å². The van der Waals surface area contributed by atoms with Crippen LogP contribution in [0.15, 0.2) is 22.7 Å². The zero-order valence-electron chi connectivity index (χ0n) is 7.97. The second-order valence-corrected chi connectivity index (χ2v) is 3.70. The largest absolute Gasteiger partial charge is 0.380 e. The number of hydrogen-bond donors (Lipinski definition) is 1. The van der Waals surface area contributed by atoms with E-state index in [-0.39, 0.29) is 11.9 Å². The molecule has 0 spiro atoms. The first-order valence-corrected chi connectivity index (χ1v) is 5.23. The highest BCUT2D eigenvalue weighted by atomic mass is 79.9. The van der Waals surface area contributed by atoms with Gasteiger partial charge >= 0.3 is 0 Å². The fourth-order valence-electron chi connectivity index (χ4n) is 1.14. The molecule has 78 valence electrons. The molecule has 0 heterocycles. The van der Waals surface area contributed by atoms with Crippen molar-refractivity contribution in [1.82, 2.24) is 0 Å². The van der Waals surface area contributed by atoms with Crippen molar-refractivity contribution in [3.8, 4) is 0 Å². The maximum absolute atomic E-state index is 13.1. The average Bonchev–Trinajstić information content (AvgIpc) is 2.18. The smallest absolute Gasteiger partial charge is 0.137 e. The number of nitrogens with two attached hydrogens (primary N) is 1. The Morgan fingerprint density at radius 1 is 1.57 bits per heavy atom. The second-order valence-electron chi connectivity index (χ2n) is 2.91. The maximum Gasteiger partial charge on any atom is 0.137 e. The normalized spacial score (nSPS) is 12.9. The van der Waals surface area contributed by atoms with Crippen LogP contribution in [0.3, 0.4) is 0 Å². The molecule has 0 aliphatic carbocycles. The molecular weight excluding hydrogens is 249 g/mol. The highest BCUT2D eigenvalue weighted by molar-refractivity contribution is 9.10. The van der Waals surface area contributed by atoms with E-state index in [2.05, 4.69) is 15.9 Å². The van der Waals surface area contributed by atoms with Gasteiger partial charge in [-0.3, -0.25) is 0 Å². The third kappa shape index (κ3) is 2.77. The Kier molecular flexibility index (Phi) is 4.51. The minimum atomic E-state index is -0.297. The number of ether oxygens (including phenoxy) is 1. The van der Waals surface area contributed by atoms with E-state index in [4.69, 9.17) is 10.5 Å². The first-order chi connectivity index (χ1) is 6.66. The van der Waals surface area contributed by atoms with Gasteiger partial charge in [0.25, 0.3) is 0 Å². The van der Waals surface area contributed by atoms with E-state index in [1.165, 1.54) is 6.07 Å². The molecular formula is C10H13BrFNO. The number of halogens is 2. The lowest BCUT2D eigenvalue weighted by atomic mass is 10.1. The summed E-state index contributed by atoms with van der Waals surface area (Å²) in [6.45, 7) is 2.91. The highest BCUT2D eigenvalue weighted by Crippen LogP contribution is 2.24. The van der Waals surface area contributed by atoms with E-state index in [0.717, 1.165) is 5.56 Å². The SMILES string of the molecule is CCOCC(N)c1cccc(F)c1Br. The summed E-state index contributed by atoms with van der Waals surface area (Å²) < 4.78 is 18.7. The molecule has 1 rings (SSSR count). The highest BCUT2D eigenvalue weighted by Gasteiger charge is 2.12. The van der Waals surface area contributed by atoms with Crippen molar-refractivity contribution in [2.24, 2.45) is 5.73 Å². The third-order valence-electron chi connectivity index (χ3n) is 1.88. The van der Waals surface area contributed by atoms with Gasteiger partial charge in [0.15, 0.2) is 0 Å². The molecule has 0 aliphatic rings. The summed E-state index contributed by atoms with van der Waals surface area (Å²) in [6, 6.07) is 4.53. The molecule has 1 aromatic rings. The van der Waals surface area contributed by atoms with Crippen molar-refractivity contribution in [2.75, 3.05) is 13.2 Å². The van der Waals surface area contributed by atoms with Crippen LogP contribution >= 0.6 is 15.9 Å².